The summed E-state index contributed by atoms with van der Waals surface area (Å²) in [6.45, 7) is 8.70. The van der Waals surface area contributed by atoms with Crippen molar-refractivity contribution in [1.29, 1.82) is 0 Å². The van der Waals surface area contributed by atoms with Gasteiger partial charge in [0.25, 0.3) is 0 Å². The van der Waals surface area contributed by atoms with Crippen molar-refractivity contribution >= 4 is 17.7 Å². The highest BCUT2D eigenvalue weighted by Gasteiger charge is 2.25. The van der Waals surface area contributed by atoms with Crippen molar-refractivity contribution in [3.8, 4) is 0 Å². The minimum absolute atomic E-state index is 0.136. The zero-order valence-corrected chi connectivity index (χ0v) is 13.8. The first-order valence-corrected chi connectivity index (χ1v) is 8.55. The Morgan fingerprint density at radius 3 is 2.67 bits per heavy atom. The molecule has 1 N–H and O–H groups in total. The zero-order chi connectivity index (χ0) is 15.4. The number of carbonyl (C=O) groups excluding carboxylic acids is 1. The second kappa shape index (κ2) is 7.15. The molecule has 1 aromatic heterocycles. The molecule has 2 atom stereocenters. The number of carbonyl (C=O) groups is 1. The highest BCUT2D eigenvalue weighted by Crippen LogP contribution is 2.22. The van der Waals surface area contributed by atoms with Crippen molar-refractivity contribution in [2.24, 2.45) is 11.8 Å². The van der Waals surface area contributed by atoms with Gasteiger partial charge in [0.15, 0.2) is 5.16 Å². The molecule has 1 fully saturated rings. The normalized spacial score (nSPS) is 22.5. The second-order valence-electron chi connectivity index (χ2n) is 6.00. The molecule has 0 bridgehead atoms. The van der Waals surface area contributed by atoms with Crippen molar-refractivity contribution < 1.29 is 4.79 Å². The van der Waals surface area contributed by atoms with Gasteiger partial charge in [0, 0.05) is 19.6 Å². The lowest BCUT2D eigenvalue weighted by Gasteiger charge is -2.34. The van der Waals surface area contributed by atoms with E-state index in [1.807, 2.05) is 11.8 Å². The average molecular weight is 312 g/mol. The van der Waals surface area contributed by atoms with Gasteiger partial charge < -0.3 is 4.90 Å². The molecular weight excluding hydrogens is 288 g/mol. The summed E-state index contributed by atoms with van der Waals surface area (Å²) in [6.07, 6.45) is 2.05. The van der Waals surface area contributed by atoms with Gasteiger partial charge in [0.05, 0.1) is 5.75 Å². The fourth-order valence-electron chi connectivity index (χ4n) is 2.92. The molecular formula is C14H24N4O2S. The minimum atomic E-state index is -0.202. The van der Waals surface area contributed by atoms with E-state index in [0.29, 0.717) is 29.3 Å². The maximum Gasteiger partial charge on any atom is 0.343 e. The van der Waals surface area contributed by atoms with Crippen LogP contribution in [-0.2, 0) is 11.3 Å². The molecule has 1 aliphatic heterocycles. The number of thioether (sulfide) groups is 1. The summed E-state index contributed by atoms with van der Waals surface area (Å²) in [7, 11) is 0. The van der Waals surface area contributed by atoms with Gasteiger partial charge in [0.2, 0.25) is 5.91 Å². The molecule has 118 valence electrons. The molecule has 7 heteroatoms. The molecule has 0 aliphatic carbocycles. The molecule has 2 heterocycles. The third-order valence-electron chi connectivity index (χ3n) is 3.72. The summed E-state index contributed by atoms with van der Waals surface area (Å²) >= 11 is 1.34. The Kier molecular flexibility index (Phi) is 5.50. The van der Waals surface area contributed by atoms with Crippen LogP contribution in [0.4, 0.5) is 0 Å². The topological polar surface area (TPSA) is 71.0 Å². The SMILES string of the molecule is CCCn1c(SCC(=O)N2CC(C)CC(C)C2)n[nH]c1=O. The number of amides is 1. The lowest BCUT2D eigenvalue weighted by molar-refractivity contribution is -0.130. The van der Waals surface area contributed by atoms with Crippen molar-refractivity contribution in [2.45, 2.75) is 45.3 Å². The van der Waals surface area contributed by atoms with Crippen LogP contribution in [0.15, 0.2) is 9.95 Å². The Hall–Kier alpha value is -1.24. The van der Waals surface area contributed by atoms with Crippen molar-refractivity contribution in [1.82, 2.24) is 19.7 Å². The molecule has 1 saturated heterocycles. The number of nitrogens with one attached hydrogen (secondary N) is 1. The van der Waals surface area contributed by atoms with Crippen LogP contribution in [0.1, 0.15) is 33.6 Å². The van der Waals surface area contributed by atoms with Crippen LogP contribution in [0, 0.1) is 11.8 Å². The van der Waals surface area contributed by atoms with Crippen LogP contribution in [0.5, 0.6) is 0 Å². The molecule has 6 nitrogen and oxygen atoms in total. The molecule has 0 radical (unpaired) electrons. The molecule has 2 unspecified atom stereocenters. The van der Waals surface area contributed by atoms with E-state index < -0.39 is 0 Å². The van der Waals surface area contributed by atoms with E-state index in [1.54, 1.807) is 4.57 Å². The zero-order valence-electron chi connectivity index (χ0n) is 13.0. The number of likely N-dealkylation sites (tertiary alicyclic amines) is 1. The Bertz CT molecular complexity index is 529. The van der Waals surface area contributed by atoms with Gasteiger partial charge in [-0.05, 0) is 24.7 Å². The van der Waals surface area contributed by atoms with Gasteiger partial charge in [-0.2, -0.15) is 0 Å². The number of nitrogens with zero attached hydrogens (tertiary/aromatic N) is 3. The highest BCUT2D eigenvalue weighted by atomic mass is 32.2. The molecule has 2 rings (SSSR count). The predicted molar refractivity (Wildman–Crippen MR) is 83.4 cm³/mol. The summed E-state index contributed by atoms with van der Waals surface area (Å²) < 4.78 is 1.60. The fraction of sp³-hybridized carbons (Fsp3) is 0.786. The number of hydrogen-bond donors (Lipinski definition) is 1. The monoisotopic (exact) mass is 312 g/mol. The van der Waals surface area contributed by atoms with E-state index in [4.69, 9.17) is 0 Å². The average Bonchev–Trinajstić information content (AvgIpc) is 2.77. The standard InChI is InChI=1S/C14H24N4O2S/c1-4-5-18-13(20)15-16-14(18)21-9-12(19)17-7-10(2)6-11(3)8-17/h10-11H,4-9H2,1-3H3,(H,15,20). The quantitative estimate of drug-likeness (QED) is 0.838. The van der Waals surface area contributed by atoms with Crippen LogP contribution < -0.4 is 5.69 Å². The Morgan fingerprint density at radius 1 is 1.38 bits per heavy atom. The van der Waals surface area contributed by atoms with Crippen LogP contribution >= 0.6 is 11.8 Å². The molecule has 0 spiro atoms. The number of aromatic amines is 1. The third kappa shape index (κ3) is 4.12. The van der Waals surface area contributed by atoms with Gasteiger partial charge >= 0.3 is 5.69 Å². The third-order valence-corrected chi connectivity index (χ3v) is 4.68. The van der Waals surface area contributed by atoms with Crippen LogP contribution in [0.3, 0.4) is 0 Å². The van der Waals surface area contributed by atoms with Crippen LogP contribution in [0.2, 0.25) is 0 Å². The number of H-pyrrole nitrogens is 1. The maximum atomic E-state index is 12.3. The van der Waals surface area contributed by atoms with E-state index in [-0.39, 0.29) is 11.6 Å². The summed E-state index contributed by atoms with van der Waals surface area (Å²) in [4.78, 5) is 25.9. The summed E-state index contributed by atoms with van der Waals surface area (Å²) in [5.74, 6) is 1.60. The smallest absolute Gasteiger partial charge is 0.341 e. The van der Waals surface area contributed by atoms with E-state index in [1.165, 1.54) is 18.2 Å². The molecule has 0 saturated carbocycles. The van der Waals surface area contributed by atoms with Gasteiger partial charge in [0.1, 0.15) is 0 Å². The molecule has 21 heavy (non-hydrogen) atoms. The number of piperidine rings is 1. The van der Waals surface area contributed by atoms with Gasteiger partial charge in [-0.15, -0.1) is 5.10 Å². The van der Waals surface area contributed by atoms with Gasteiger partial charge in [-0.3, -0.25) is 9.36 Å². The molecule has 1 aromatic rings. The van der Waals surface area contributed by atoms with E-state index >= 15 is 0 Å². The highest BCUT2D eigenvalue weighted by molar-refractivity contribution is 7.99. The summed E-state index contributed by atoms with van der Waals surface area (Å²) in [5.41, 5.74) is -0.202. The number of aromatic nitrogens is 3. The van der Waals surface area contributed by atoms with E-state index in [0.717, 1.165) is 19.5 Å². The Balaban J connectivity index is 1.93. The van der Waals surface area contributed by atoms with E-state index in [2.05, 4.69) is 24.0 Å². The summed E-state index contributed by atoms with van der Waals surface area (Å²) in [6, 6.07) is 0. The first-order chi connectivity index (χ1) is 10.0. The largest absolute Gasteiger partial charge is 0.343 e. The molecule has 1 amide bonds. The van der Waals surface area contributed by atoms with Gasteiger partial charge in [-0.1, -0.05) is 32.5 Å². The predicted octanol–water partition coefficient (Wildman–Crippen LogP) is 1.58. The first kappa shape index (κ1) is 16.1. The lowest BCUT2D eigenvalue weighted by Crippen LogP contribution is -2.43. The van der Waals surface area contributed by atoms with Crippen molar-refractivity contribution in [2.75, 3.05) is 18.8 Å². The first-order valence-electron chi connectivity index (χ1n) is 7.57. The fourth-order valence-corrected chi connectivity index (χ4v) is 3.79. The second-order valence-corrected chi connectivity index (χ2v) is 6.94. The van der Waals surface area contributed by atoms with Crippen molar-refractivity contribution in [3.05, 3.63) is 10.5 Å². The van der Waals surface area contributed by atoms with Crippen LogP contribution in [0.25, 0.3) is 0 Å². The Labute approximate surface area is 129 Å². The Morgan fingerprint density at radius 2 is 2.05 bits per heavy atom. The summed E-state index contributed by atoms with van der Waals surface area (Å²) in [5, 5.41) is 7.06. The molecule has 1 aliphatic rings. The minimum Gasteiger partial charge on any atom is -0.341 e. The molecule has 0 aromatic carbocycles. The number of rotatable bonds is 5. The number of hydrogen-bond acceptors (Lipinski definition) is 4. The van der Waals surface area contributed by atoms with E-state index in [9.17, 15) is 9.59 Å². The maximum absolute atomic E-state index is 12.3. The van der Waals surface area contributed by atoms with Crippen molar-refractivity contribution in [3.63, 3.8) is 0 Å². The lowest BCUT2D eigenvalue weighted by atomic mass is 9.92. The van der Waals surface area contributed by atoms with Gasteiger partial charge in [-0.25, -0.2) is 9.89 Å². The van der Waals surface area contributed by atoms with Crippen LogP contribution in [-0.4, -0.2) is 44.4 Å².